The molecule has 19 heavy (non-hydrogen) atoms. The fourth-order valence-corrected chi connectivity index (χ4v) is 1.91. The number of carboxylic acid groups (broad SMARTS) is 1. The Bertz CT molecular complexity index is 606. The first kappa shape index (κ1) is 13.1. The number of hydrogen-bond donors (Lipinski definition) is 3. The molecule has 1 amide bonds. The summed E-state index contributed by atoms with van der Waals surface area (Å²) in [7, 11) is 0. The SMILES string of the molecule is CCC[C@H](NC(=O)c1n[nH]c2ccccc12)C(=O)O. The quantitative estimate of drug-likeness (QED) is 0.760. The molecule has 0 radical (unpaired) electrons. The van der Waals surface area contributed by atoms with Crippen LogP contribution < -0.4 is 5.32 Å². The number of carbonyl (C=O) groups is 2. The minimum Gasteiger partial charge on any atom is -0.480 e. The highest BCUT2D eigenvalue weighted by atomic mass is 16.4. The van der Waals surface area contributed by atoms with Crippen LogP contribution in [0.25, 0.3) is 10.9 Å². The zero-order valence-corrected chi connectivity index (χ0v) is 10.5. The van der Waals surface area contributed by atoms with E-state index in [2.05, 4.69) is 15.5 Å². The predicted octanol–water partition coefficient (Wildman–Crippen LogP) is 1.55. The average Bonchev–Trinajstić information content (AvgIpc) is 2.81. The highest BCUT2D eigenvalue weighted by Gasteiger charge is 2.22. The zero-order valence-electron chi connectivity index (χ0n) is 10.5. The molecule has 1 heterocycles. The maximum Gasteiger partial charge on any atom is 0.326 e. The number of para-hydroxylation sites is 1. The van der Waals surface area contributed by atoms with Gasteiger partial charge in [0.1, 0.15) is 6.04 Å². The lowest BCUT2D eigenvalue weighted by molar-refractivity contribution is -0.139. The van der Waals surface area contributed by atoms with Crippen LogP contribution in [0.2, 0.25) is 0 Å². The third-order valence-electron chi connectivity index (χ3n) is 2.87. The van der Waals surface area contributed by atoms with Crippen molar-refractivity contribution in [2.45, 2.75) is 25.8 Å². The van der Waals surface area contributed by atoms with E-state index in [0.717, 1.165) is 5.52 Å². The summed E-state index contributed by atoms with van der Waals surface area (Å²) in [6.07, 6.45) is 1.07. The molecule has 0 aliphatic carbocycles. The first-order chi connectivity index (χ1) is 9.13. The highest BCUT2D eigenvalue weighted by molar-refractivity contribution is 6.05. The number of aromatic nitrogens is 2. The third kappa shape index (κ3) is 2.73. The molecular formula is C13H15N3O3. The number of carbonyl (C=O) groups excluding carboxylic acids is 1. The second kappa shape index (κ2) is 5.51. The van der Waals surface area contributed by atoms with E-state index < -0.39 is 17.9 Å². The Kier molecular flexibility index (Phi) is 3.79. The van der Waals surface area contributed by atoms with E-state index in [0.29, 0.717) is 18.2 Å². The smallest absolute Gasteiger partial charge is 0.326 e. The maximum absolute atomic E-state index is 12.1. The van der Waals surface area contributed by atoms with Crippen LogP contribution >= 0.6 is 0 Å². The van der Waals surface area contributed by atoms with Crippen molar-refractivity contribution < 1.29 is 14.7 Å². The van der Waals surface area contributed by atoms with E-state index in [1.807, 2.05) is 13.0 Å². The van der Waals surface area contributed by atoms with Crippen molar-refractivity contribution in [3.8, 4) is 0 Å². The van der Waals surface area contributed by atoms with Crippen LogP contribution in [0.3, 0.4) is 0 Å². The van der Waals surface area contributed by atoms with Crippen LogP contribution in [0.1, 0.15) is 30.3 Å². The summed E-state index contributed by atoms with van der Waals surface area (Å²) >= 11 is 0. The second-order valence-electron chi connectivity index (χ2n) is 4.27. The van der Waals surface area contributed by atoms with Gasteiger partial charge in [-0.05, 0) is 12.5 Å². The van der Waals surface area contributed by atoms with Gasteiger partial charge < -0.3 is 10.4 Å². The average molecular weight is 261 g/mol. The molecule has 0 saturated heterocycles. The van der Waals surface area contributed by atoms with Crippen LogP contribution in [-0.2, 0) is 4.79 Å². The summed E-state index contributed by atoms with van der Waals surface area (Å²) in [5.74, 6) is -1.51. The summed E-state index contributed by atoms with van der Waals surface area (Å²) in [5, 5.41) is 18.9. The van der Waals surface area contributed by atoms with Crippen molar-refractivity contribution in [1.82, 2.24) is 15.5 Å². The Morgan fingerprint density at radius 2 is 2.16 bits per heavy atom. The van der Waals surface area contributed by atoms with Gasteiger partial charge in [-0.1, -0.05) is 31.5 Å². The first-order valence-corrected chi connectivity index (χ1v) is 6.10. The van der Waals surface area contributed by atoms with Crippen molar-refractivity contribution in [2.24, 2.45) is 0 Å². The molecule has 0 bridgehead atoms. The zero-order chi connectivity index (χ0) is 13.8. The van der Waals surface area contributed by atoms with E-state index in [1.165, 1.54) is 0 Å². The molecule has 1 aromatic carbocycles. The highest BCUT2D eigenvalue weighted by Crippen LogP contribution is 2.15. The van der Waals surface area contributed by atoms with Gasteiger partial charge in [-0.15, -0.1) is 0 Å². The number of nitrogens with one attached hydrogen (secondary N) is 2. The standard InChI is InChI=1S/C13H15N3O3/c1-2-5-10(13(18)19)14-12(17)11-8-6-3-4-7-9(8)15-16-11/h3-4,6-7,10H,2,5H2,1H3,(H,14,17)(H,15,16)(H,18,19)/t10-/m0/s1. The number of hydrogen-bond acceptors (Lipinski definition) is 3. The Morgan fingerprint density at radius 3 is 2.84 bits per heavy atom. The molecular weight excluding hydrogens is 246 g/mol. The van der Waals surface area contributed by atoms with Crippen LogP contribution in [0.15, 0.2) is 24.3 Å². The summed E-state index contributed by atoms with van der Waals surface area (Å²) in [6.45, 7) is 1.87. The number of amides is 1. The van der Waals surface area contributed by atoms with Gasteiger partial charge in [0.25, 0.3) is 5.91 Å². The number of rotatable bonds is 5. The molecule has 0 saturated carbocycles. The first-order valence-electron chi connectivity index (χ1n) is 6.10. The van der Waals surface area contributed by atoms with Crippen molar-refractivity contribution in [3.05, 3.63) is 30.0 Å². The van der Waals surface area contributed by atoms with Crippen molar-refractivity contribution in [2.75, 3.05) is 0 Å². The van der Waals surface area contributed by atoms with Gasteiger partial charge in [-0.25, -0.2) is 4.79 Å². The van der Waals surface area contributed by atoms with Crippen molar-refractivity contribution >= 4 is 22.8 Å². The molecule has 1 aromatic heterocycles. The molecule has 0 spiro atoms. The third-order valence-corrected chi connectivity index (χ3v) is 2.87. The number of aromatic amines is 1. The second-order valence-corrected chi connectivity index (χ2v) is 4.27. The molecule has 2 rings (SSSR count). The largest absolute Gasteiger partial charge is 0.480 e. The number of benzene rings is 1. The summed E-state index contributed by atoms with van der Waals surface area (Å²) in [4.78, 5) is 23.1. The van der Waals surface area contributed by atoms with Gasteiger partial charge >= 0.3 is 5.97 Å². The van der Waals surface area contributed by atoms with E-state index in [4.69, 9.17) is 5.11 Å². The van der Waals surface area contributed by atoms with Crippen LogP contribution in [0, 0.1) is 0 Å². The van der Waals surface area contributed by atoms with Crippen molar-refractivity contribution in [1.29, 1.82) is 0 Å². The lowest BCUT2D eigenvalue weighted by Gasteiger charge is -2.12. The van der Waals surface area contributed by atoms with E-state index in [9.17, 15) is 9.59 Å². The predicted molar refractivity (Wildman–Crippen MR) is 69.9 cm³/mol. The Hall–Kier alpha value is -2.37. The van der Waals surface area contributed by atoms with E-state index >= 15 is 0 Å². The van der Waals surface area contributed by atoms with E-state index in [1.54, 1.807) is 18.2 Å². The molecule has 100 valence electrons. The monoisotopic (exact) mass is 261 g/mol. The molecule has 0 fully saturated rings. The fraction of sp³-hybridized carbons (Fsp3) is 0.308. The van der Waals surface area contributed by atoms with Crippen LogP contribution in [0.4, 0.5) is 0 Å². The number of H-pyrrole nitrogens is 1. The molecule has 6 nitrogen and oxygen atoms in total. The number of nitrogens with zero attached hydrogens (tertiary/aromatic N) is 1. The van der Waals surface area contributed by atoms with Gasteiger partial charge in [0, 0.05) is 5.39 Å². The lowest BCUT2D eigenvalue weighted by Crippen LogP contribution is -2.40. The summed E-state index contributed by atoms with van der Waals surface area (Å²) < 4.78 is 0. The van der Waals surface area contributed by atoms with Gasteiger partial charge in [0.15, 0.2) is 5.69 Å². The maximum atomic E-state index is 12.1. The fourth-order valence-electron chi connectivity index (χ4n) is 1.91. The van der Waals surface area contributed by atoms with E-state index in [-0.39, 0.29) is 5.69 Å². The molecule has 3 N–H and O–H groups in total. The number of fused-ring (bicyclic) bond motifs is 1. The number of aliphatic carboxylic acids is 1. The van der Waals surface area contributed by atoms with Crippen LogP contribution in [-0.4, -0.2) is 33.2 Å². The molecule has 0 aliphatic heterocycles. The minimum atomic E-state index is -1.03. The molecule has 6 heteroatoms. The van der Waals surface area contributed by atoms with Crippen molar-refractivity contribution in [3.63, 3.8) is 0 Å². The van der Waals surface area contributed by atoms with Gasteiger partial charge in [0.2, 0.25) is 0 Å². The van der Waals surface area contributed by atoms with Gasteiger partial charge in [-0.3, -0.25) is 9.89 Å². The Morgan fingerprint density at radius 1 is 1.42 bits per heavy atom. The van der Waals surface area contributed by atoms with Gasteiger partial charge in [0.05, 0.1) is 5.52 Å². The summed E-state index contributed by atoms with van der Waals surface area (Å²) in [6, 6.07) is 6.32. The molecule has 2 aromatic rings. The number of carboxylic acids is 1. The summed E-state index contributed by atoms with van der Waals surface area (Å²) in [5.41, 5.74) is 0.966. The van der Waals surface area contributed by atoms with Crippen LogP contribution in [0.5, 0.6) is 0 Å². The molecule has 0 aliphatic rings. The lowest BCUT2D eigenvalue weighted by atomic mass is 10.1. The van der Waals surface area contributed by atoms with Gasteiger partial charge in [-0.2, -0.15) is 5.10 Å². The normalized spacial score (nSPS) is 12.3. The Balaban J connectivity index is 2.22. The minimum absolute atomic E-state index is 0.220. The molecule has 1 atom stereocenters. The molecule has 0 unspecified atom stereocenters. The topological polar surface area (TPSA) is 95.1 Å². The Labute approximate surface area is 109 Å².